The number of nitro groups is 1. The Morgan fingerprint density at radius 3 is 2.47 bits per heavy atom. The predicted octanol–water partition coefficient (Wildman–Crippen LogP) is 3.27. The van der Waals surface area contributed by atoms with Crippen LogP contribution in [0.1, 0.15) is 36.6 Å². The number of fused-ring (bicyclic) bond motifs is 6. The molecule has 5 rings (SSSR count). The number of para-hydroxylation sites is 1. The van der Waals surface area contributed by atoms with Crippen LogP contribution < -0.4 is 5.32 Å². The summed E-state index contributed by atoms with van der Waals surface area (Å²) < 4.78 is 5.25. The molecule has 7 nitrogen and oxygen atoms in total. The summed E-state index contributed by atoms with van der Waals surface area (Å²) in [4.78, 5) is 29.3. The minimum atomic E-state index is -1.51. The van der Waals surface area contributed by atoms with Crippen molar-refractivity contribution in [1.29, 1.82) is 0 Å². The Labute approximate surface area is 173 Å². The molecule has 1 saturated heterocycles. The number of ether oxygens (including phenoxy) is 1. The Morgan fingerprint density at radius 1 is 1.13 bits per heavy atom. The first-order chi connectivity index (χ1) is 14.3. The van der Waals surface area contributed by atoms with Crippen LogP contribution in [0, 0.1) is 10.1 Å². The van der Waals surface area contributed by atoms with Crippen LogP contribution in [0.5, 0.6) is 0 Å². The van der Waals surface area contributed by atoms with E-state index in [-0.39, 0.29) is 4.92 Å². The summed E-state index contributed by atoms with van der Waals surface area (Å²) in [5.74, 6) is -1.21. The molecule has 0 radical (unpaired) electrons. The van der Waals surface area contributed by atoms with Crippen molar-refractivity contribution in [2.24, 2.45) is 0 Å². The Bertz CT molecular complexity index is 1190. The van der Waals surface area contributed by atoms with Gasteiger partial charge in [-0.25, -0.2) is 0 Å². The van der Waals surface area contributed by atoms with E-state index in [9.17, 15) is 14.9 Å². The van der Waals surface area contributed by atoms with Crippen molar-refractivity contribution in [2.75, 3.05) is 7.11 Å². The molecule has 2 aliphatic rings. The number of nitrogens with one attached hydrogen (secondary N) is 2. The molecule has 1 fully saturated rings. The van der Waals surface area contributed by atoms with E-state index in [1.165, 1.54) is 7.11 Å². The number of benzene rings is 2. The standard InChI is InChI=1S/C23H23N3O4/c1-21-19-16(15-11-7-8-12-17(15)24-19)13-23(25-21,20(27)30-3)18(22(21,2)26(28)29)14-9-5-4-6-10-14/h4-12,18,24-25H,13H2,1-3H3/t18-,21?,22-,23?/m0/s1. The maximum atomic E-state index is 13.3. The summed E-state index contributed by atoms with van der Waals surface area (Å²) in [6.45, 7) is 3.47. The molecule has 4 atom stereocenters. The van der Waals surface area contributed by atoms with Crippen LogP contribution in [0.4, 0.5) is 0 Å². The molecule has 2 unspecified atom stereocenters. The highest BCUT2D eigenvalue weighted by atomic mass is 16.6. The van der Waals surface area contributed by atoms with Crippen molar-refractivity contribution in [3.63, 3.8) is 0 Å². The number of methoxy groups -OCH3 is 1. The average Bonchev–Trinajstić information content (AvgIpc) is 3.20. The second kappa shape index (κ2) is 5.92. The zero-order valence-electron chi connectivity index (χ0n) is 17.1. The van der Waals surface area contributed by atoms with E-state index in [1.807, 2.05) is 61.5 Å². The van der Waals surface area contributed by atoms with Crippen molar-refractivity contribution in [1.82, 2.24) is 10.3 Å². The molecular weight excluding hydrogens is 382 g/mol. The quantitative estimate of drug-likeness (QED) is 0.396. The smallest absolute Gasteiger partial charge is 0.327 e. The van der Waals surface area contributed by atoms with Crippen LogP contribution in [0.3, 0.4) is 0 Å². The molecule has 2 aliphatic heterocycles. The van der Waals surface area contributed by atoms with Crippen molar-refractivity contribution in [3.05, 3.63) is 81.5 Å². The van der Waals surface area contributed by atoms with Gasteiger partial charge in [-0.05, 0) is 24.1 Å². The van der Waals surface area contributed by atoms with E-state index < -0.39 is 28.5 Å². The number of carbonyl (C=O) groups excluding carboxylic acids is 1. The minimum absolute atomic E-state index is 0.233. The summed E-state index contributed by atoms with van der Waals surface area (Å²) in [6.07, 6.45) is 0.303. The molecule has 7 heteroatoms. The third-order valence-corrected chi connectivity index (χ3v) is 7.37. The second-order valence-corrected chi connectivity index (χ2v) is 8.66. The number of hydrogen-bond acceptors (Lipinski definition) is 5. The first-order valence-corrected chi connectivity index (χ1v) is 9.97. The van der Waals surface area contributed by atoms with Crippen LogP contribution in [-0.2, 0) is 21.5 Å². The fourth-order valence-corrected chi connectivity index (χ4v) is 5.93. The van der Waals surface area contributed by atoms with Crippen LogP contribution in [-0.4, -0.2) is 34.1 Å². The zero-order valence-corrected chi connectivity index (χ0v) is 17.1. The Balaban J connectivity index is 1.89. The van der Waals surface area contributed by atoms with Gasteiger partial charge in [0.05, 0.1) is 13.0 Å². The van der Waals surface area contributed by atoms with E-state index in [1.54, 1.807) is 6.92 Å². The van der Waals surface area contributed by atoms with Crippen molar-refractivity contribution in [2.45, 2.75) is 42.8 Å². The highest BCUT2D eigenvalue weighted by molar-refractivity contribution is 5.91. The molecule has 3 aromatic rings. The van der Waals surface area contributed by atoms with Crippen LogP contribution in [0.25, 0.3) is 10.9 Å². The van der Waals surface area contributed by atoms with Gasteiger partial charge >= 0.3 is 5.97 Å². The topological polar surface area (TPSA) is 97.3 Å². The Hall–Kier alpha value is -3.19. The minimum Gasteiger partial charge on any atom is -0.468 e. The van der Waals surface area contributed by atoms with Crippen LogP contribution >= 0.6 is 0 Å². The number of aromatic amines is 1. The van der Waals surface area contributed by atoms with Crippen molar-refractivity contribution in [3.8, 4) is 0 Å². The van der Waals surface area contributed by atoms with Crippen LogP contribution in [0.15, 0.2) is 54.6 Å². The Morgan fingerprint density at radius 2 is 1.80 bits per heavy atom. The molecule has 154 valence electrons. The number of esters is 1. The fraction of sp³-hybridized carbons (Fsp3) is 0.348. The highest BCUT2D eigenvalue weighted by Gasteiger charge is 2.79. The predicted molar refractivity (Wildman–Crippen MR) is 112 cm³/mol. The van der Waals surface area contributed by atoms with Gasteiger partial charge in [-0.2, -0.15) is 0 Å². The third-order valence-electron chi connectivity index (χ3n) is 7.37. The number of nitrogens with zero attached hydrogens (tertiary/aromatic N) is 1. The molecular formula is C23H23N3O4. The lowest BCUT2D eigenvalue weighted by atomic mass is 9.68. The summed E-state index contributed by atoms with van der Waals surface area (Å²) in [5, 5.41) is 17.1. The largest absolute Gasteiger partial charge is 0.468 e. The Kier molecular flexibility index (Phi) is 3.71. The number of H-pyrrole nitrogens is 1. The monoisotopic (exact) mass is 405 g/mol. The molecule has 1 aromatic heterocycles. The molecule has 0 aliphatic carbocycles. The van der Waals surface area contributed by atoms with Gasteiger partial charge < -0.3 is 9.72 Å². The SMILES string of the molecule is COC(=O)C12Cc3c([nH]c4ccccc34)C(C)(N1)[C@@](C)([N+](=O)[O-])[C@@H]2c1ccccc1. The first kappa shape index (κ1) is 18.8. The van der Waals surface area contributed by atoms with Crippen LogP contribution in [0.2, 0.25) is 0 Å². The first-order valence-electron chi connectivity index (χ1n) is 9.97. The van der Waals surface area contributed by atoms with E-state index in [0.29, 0.717) is 6.42 Å². The normalized spacial score (nSPS) is 32.0. The highest BCUT2D eigenvalue weighted by Crippen LogP contribution is 2.61. The van der Waals surface area contributed by atoms with E-state index >= 15 is 0 Å². The fourth-order valence-electron chi connectivity index (χ4n) is 5.93. The van der Waals surface area contributed by atoms with Gasteiger partial charge in [0.15, 0.2) is 0 Å². The third kappa shape index (κ3) is 2.00. The number of aromatic nitrogens is 1. The lowest BCUT2D eigenvalue weighted by molar-refractivity contribution is -0.579. The molecule has 0 amide bonds. The second-order valence-electron chi connectivity index (χ2n) is 8.66. The van der Waals surface area contributed by atoms with Gasteiger partial charge in [-0.1, -0.05) is 48.5 Å². The molecule has 2 N–H and O–H groups in total. The van der Waals surface area contributed by atoms with Crippen molar-refractivity contribution >= 4 is 16.9 Å². The van der Waals surface area contributed by atoms with E-state index in [2.05, 4.69) is 10.3 Å². The number of hydrogen-bond donors (Lipinski definition) is 2. The van der Waals surface area contributed by atoms with Gasteiger partial charge in [0.1, 0.15) is 11.1 Å². The zero-order chi connectivity index (χ0) is 21.3. The molecule has 2 aromatic carbocycles. The van der Waals surface area contributed by atoms with E-state index in [0.717, 1.165) is 27.7 Å². The van der Waals surface area contributed by atoms with E-state index in [4.69, 9.17) is 4.74 Å². The molecule has 0 spiro atoms. The van der Waals surface area contributed by atoms with Gasteiger partial charge in [0, 0.05) is 34.9 Å². The van der Waals surface area contributed by atoms with Crippen molar-refractivity contribution < 1.29 is 14.5 Å². The summed E-state index contributed by atoms with van der Waals surface area (Å²) in [5.41, 5.74) is -0.533. The summed E-state index contributed by atoms with van der Waals surface area (Å²) in [6, 6.07) is 17.1. The number of carbonyl (C=O) groups is 1. The maximum absolute atomic E-state index is 13.3. The number of rotatable bonds is 3. The summed E-state index contributed by atoms with van der Waals surface area (Å²) in [7, 11) is 1.34. The van der Waals surface area contributed by atoms with Gasteiger partial charge in [-0.3, -0.25) is 20.2 Å². The lowest BCUT2D eigenvalue weighted by Crippen LogP contribution is -2.61. The molecule has 3 heterocycles. The van der Waals surface area contributed by atoms with Gasteiger partial charge in [0.25, 0.3) is 5.54 Å². The molecule has 0 saturated carbocycles. The maximum Gasteiger partial charge on any atom is 0.327 e. The summed E-state index contributed by atoms with van der Waals surface area (Å²) >= 11 is 0. The van der Waals surface area contributed by atoms with Gasteiger partial charge in [-0.15, -0.1) is 0 Å². The lowest BCUT2D eigenvalue weighted by Gasteiger charge is -2.38. The molecule has 2 bridgehead atoms. The molecule has 30 heavy (non-hydrogen) atoms. The average molecular weight is 405 g/mol. The van der Waals surface area contributed by atoms with Gasteiger partial charge in [0.2, 0.25) is 0 Å².